The summed E-state index contributed by atoms with van der Waals surface area (Å²) in [6.07, 6.45) is 0.888. The first kappa shape index (κ1) is 11.7. The van der Waals surface area contributed by atoms with Crippen molar-refractivity contribution in [3.05, 3.63) is 64.5 Å². The van der Waals surface area contributed by atoms with Gasteiger partial charge in [0.15, 0.2) is 5.69 Å². The van der Waals surface area contributed by atoms with Crippen LogP contribution in [0, 0.1) is 6.57 Å². The molecule has 0 aromatic heterocycles. The number of benzene rings is 2. The zero-order valence-corrected chi connectivity index (χ0v) is 10.3. The van der Waals surface area contributed by atoms with Crippen LogP contribution in [0.4, 0.5) is 5.69 Å². The quantitative estimate of drug-likeness (QED) is 0.643. The molecule has 2 rings (SSSR count). The summed E-state index contributed by atoms with van der Waals surface area (Å²) < 4.78 is 0. The lowest BCUT2D eigenvalue weighted by Gasteiger charge is -2.06. The molecule has 0 aliphatic heterocycles. The van der Waals surface area contributed by atoms with Gasteiger partial charge in [-0.3, -0.25) is 0 Å². The Labute approximate surface area is 106 Å². The van der Waals surface area contributed by atoms with Gasteiger partial charge in [-0.25, -0.2) is 4.85 Å². The Morgan fingerprint density at radius 1 is 1.06 bits per heavy atom. The van der Waals surface area contributed by atoms with E-state index in [2.05, 4.69) is 17.8 Å². The highest BCUT2D eigenvalue weighted by atomic mass is 35.5. The van der Waals surface area contributed by atoms with Gasteiger partial charge in [-0.1, -0.05) is 42.8 Å². The molecule has 84 valence electrons. The maximum Gasteiger partial charge on any atom is 0.191 e. The van der Waals surface area contributed by atoms with E-state index in [4.69, 9.17) is 18.2 Å². The fourth-order valence-corrected chi connectivity index (χ4v) is 1.91. The van der Waals surface area contributed by atoms with Crippen molar-refractivity contribution in [2.45, 2.75) is 13.3 Å². The van der Waals surface area contributed by atoms with Crippen LogP contribution < -0.4 is 0 Å². The van der Waals surface area contributed by atoms with Crippen LogP contribution in [-0.4, -0.2) is 0 Å². The predicted octanol–water partition coefficient (Wildman–Crippen LogP) is 5.12. The minimum absolute atomic E-state index is 0.726. The second-order valence-electron chi connectivity index (χ2n) is 3.82. The van der Waals surface area contributed by atoms with Crippen LogP contribution in [0.3, 0.4) is 0 Å². The van der Waals surface area contributed by atoms with Gasteiger partial charge in [0.25, 0.3) is 0 Å². The lowest BCUT2D eigenvalue weighted by atomic mass is 10.0. The topological polar surface area (TPSA) is 4.36 Å². The van der Waals surface area contributed by atoms with Crippen LogP contribution in [0.2, 0.25) is 5.02 Å². The minimum Gasteiger partial charge on any atom is -0.238 e. The van der Waals surface area contributed by atoms with Gasteiger partial charge >= 0.3 is 0 Å². The molecular weight excluding hydrogens is 230 g/mol. The summed E-state index contributed by atoms with van der Waals surface area (Å²) in [7, 11) is 0. The SMILES string of the molecule is [C-]#[N+]c1cc(-c2ccc(Cl)cc2)ccc1CC. The van der Waals surface area contributed by atoms with Gasteiger partial charge in [0.05, 0.1) is 6.57 Å². The van der Waals surface area contributed by atoms with Gasteiger partial charge < -0.3 is 0 Å². The Kier molecular flexibility index (Phi) is 3.46. The molecule has 0 radical (unpaired) electrons. The van der Waals surface area contributed by atoms with Gasteiger partial charge in [-0.15, -0.1) is 0 Å². The molecule has 2 aromatic carbocycles. The Morgan fingerprint density at radius 3 is 2.29 bits per heavy atom. The van der Waals surface area contributed by atoms with Crippen LogP contribution in [-0.2, 0) is 6.42 Å². The lowest BCUT2D eigenvalue weighted by Crippen LogP contribution is -1.83. The zero-order chi connectivity index (χ0) is 12.3. The second-order valence-corrected chi connectivity index (χ2v) is 4.25. The highest BCUT2D eigenvalue weighted by Gasteiger charge is 2.03. The summed E-state index contributed by atoms with van der Waals surface area (Å²) in [6.45, 7) is 9.25. The summed E-state index contributed by atoms with van der Waals surface area (Å²) in [5.74, 6) is 0. The molecule has 0 N–H and O–H groups in total. The van der Waals surface area contributed by atoms with E-state index in [1.54, 1.807) is 0 Å². The van der Waals surface area contributed by atoms with Crippen LogP contribution in [0.15, 0.2) is 42.5 Å². The highest BCUT2D eigenvalue weighted by Crippen LogP contribution is 2.28. The molecule has 1 nitrogen and oxygen atoms in total. The van der Waals surface area contributed by atoms with Crippen LogP contribution >= 0.6 is 11.6 Å². The van der Waals surface area contributed by atoms with E-state index in [1.807, 2.05) is 36.4 Å². The third kappa shape index (κ3) is 2.49. The minimum atomic E-state index is 0.726. The van der Waals surface area contributed by atoms with Crippen molar-refractivity contribution in [1.82, 2.24) is 0 Å². The van der Waals surface area contributed by atoms with Crippen molar-refractivity contribution in [2.24, 2.45) is 0 Å². The van der Waals surface area contributed by atoms with E-state index >= 15 is 0 Å². The molecule has 0 heterocycles. The molecule has 2 aromatic rings. The molecule has 0 amide bonds. The van der Waals surface area contributed by atoms with Crippen LogP contribution in [0.1, 0.15) is 12.5 Å². The summed E-state index contributed by atoms with van der Waals surface area (Å²) in [5.41, 5.74) is 3.98. The summed E-state index contributed by atoms with van der Waals surface area (Å²) in [5, 5.41) is 0.726. The largest absolute Gasteiger partial charge is 0.238 e. The number of halogens is 1. The molecule has 0 saturated carbocycles. The molecule has 0 saturated heterocycles. The maximum atomic E-state index is 7.19. The van der Waals surface area contributed by atoms with Crippen molar-refractivity contribution >= 4 is 17.3 Å². The van der Waals surface area contributed by atoms with Gasteiger partial charge in [-0.2, -0.15) is 0 Å². The third-order valence-electron chi connectivity index (χ3n) is 2.76. The molecule has 2 heteroatoms. The normalized spacial score (nSPS) is 9.94. The number of hydrogen-bond donors (Lipinski definition) is 0. The van der Waals surface area contributed by atoms with E-state index in [9.17, 15) is 0 Å². The fraction of sp³-hybridized carbons (Fsp3) is 0.133. The Morgan fingerprint density at radius 2 is 1.71 bits per heavy atom. The average Bonchev–Trinajstić information content (AvgIpc) is 2.39. The first-order valence-corrected chi connectivity index (χ1v) is 5.88. The number of hydrogen-bond acceptors (Lipinski definition) is 0. The zero-order valence-electron chi connectivity index (χ0n) is 9.57. The Hall–Kier alpha value is -1.78. The van der Waals surface area contributed by atoms with Gasteiger partial charge in [0.1, 0.15) is 0 Å². The molecule has 0 spiro atoms. The molecule has 0 fully saturated rings. The van der Waals surface area contributed by atoms with Crippen LogP contribution in [0.25, 0.3) is 16.0 Å². The molecule has 0 atom stereocenters. The van der Waals surface area contributed by atoms with Crippen molar-refractivity contribution in [2.75, 3.05) is 0 Å². The smallest absolute Gasteiger partial charge is 0.191 e. The van der Waals surface area contributed by atoms with Gasteiger partial charge in [0, 0.05) is 5.02 Å². The highest BCUT2D eigenvalue weighted by molar-refractivity contribution is 6.30. The first-order chi connectivity index (χ1) is 8.24. The Bertz CT molecular complexity index is 564. The predicted molar refractivity (Wildman–Crippen MR) is 72.5 cm³/mol. The van der Waals surface area contributed by atoms with Crippen molar-refractivity contribution in [3.8, 4) is 11.1 Å². The molecular formula is C15H12ClN. The van der Waals surface area contributed by atoms with Crippen LogP contribution in [0.5, 0.6) is 0 Å². The summed E-state index contributed by atoms with van der Waals surface area (Å²) in [6, 6.07) is 13.7. The van der Waals surface area contributed by atoms with Gasteiger partial charge in [0.2, 0.25) is 0 Å². The third-order valence-corrected chi connectivity index (χ3v) is 3.02. The summed E-state index contributed by atoms with van der Waals surface area (Å²) >= 11 is 5.86. The Balaban J connectivity index is 2.47. The average molecular weight is 242 g/mol. The number of nitrogens with zero attached hydrogens (tertiary/aromatic N) is 1. The number of aryl methyl sites for hydroxylation is 1. The summed E-state index contributed by atoms with van der Waals surface area (Å²) in [4.78, 5) is 3.57. The molecule has 17 heavy (non-hydrogen) atoms. The van der Waals surface area contributed by atoms with Crippen molar-refractivity contribution in [1.29, 1.82) is 0 Å². The number of rotatable bonds is 2. The molecule has 0 bridgehead atoms. The maximum absolute atomic E-state index is 7.19. The first-order valence-electron chi connectivity index (χ1n) is 5.51. The lowest BCUT2D eigenvalue weighted by molar-refractivity contribution is 1.15. The van der Waals surface area contributed by atoms with E-state index in [1.165, 1.54) is 0 Å². The fourth-order valence-electron chi connectivity index (χ4n) is 1.79. The van der Waals surface area contributed by atoms with E-state index in [0.717, 1.165) is 33.8 Å². The van der Waals surface area contributed by atoms with E-state index in [-0.39, 0.29) is 0 Å². The van der Waals surface area contributed by atoms with Crippen molar-refractivity contribution < 1.29 is 0 Å². The van der Waals surface area contributed by atoms with E-state index < -0.39 is 0 Å². The van der Waals surface area contributed by atoms with E-state index in [0.29, 0.717) is 0 Å². The van der Waals surface area contributed by atoms with Crippen molar-refractivity contribution in [3.63, 3.8) is 0 Å². The van der Waals surface area contributed by atoms with Gasteiger partial charge in [-0.05, 0) is 41.3 Å². The molecule has 0 unspecified atom stereocenters. The second kappa shape index (κ2) is 5.03. The monoisotopic (exact) mass is 241 g/mol. The molecule has 0 aliphatic carbocycles. The standard InChI is InChI=1S/C15H12ClN/c1-3-11-4-5-13(10-15(11)17-2)12-6-8-14(16)9-7-12/h4-10H,3H2,1H3. The molecule has 0 aliphatic rings.